The highest BCUT2D eigenvalue weighted by Crippen LogP contribution is 2.23. The van der Waals surface area contributed by atoms with Gasteiger partial charge >= 0.3 is 0 Å². The van der Waals surface area contributed by atoms with Crippen LogP contribution in [-0.4, -0.2) is 26.6 Å². The second-order valence-electron chi connectivity index (χ2n) is 6.17. The Morgan fingerprint density at radius 3 is 2.38 bits per heavy atom. The second-order valence-corrected chi connectivity index (χ2v) is 8.03. The molecule has 1 unspecified atom stereocenters. The SMILES string of the molecule is CCC(C(=O)NCc1ccc(F)cc1)N(c1cccc(C)c1)S(C)(=O)=O. The van der Waals surface area contributed by atoms with Crippen LogP contribution in [0.25, 0.3) is 0 Å². The number of aryl methyl sites for hydroxylation is 1. The summed E-state index contributed by atoms with van der Waals surface area (Å²) < 4.78 is 38.8. The highest BCUT2D eigenvalue weighted by atomic mass is 32.2. The van der Waals surface area contributed by atoms with Crippen LogP contribution in [-0.2, 0) is 21.4 Å². The molecule has 1 amide bonds. The average molecular weight is 378 g/mol. The van der Waals surface area contributed by atoms with Gasteiger partial charge in [-0.2, -0.15) is 0 Å². The number of sulfonamides is 1. The molecule has 26 heavy (non-hydrogen) atoms. The number of hydrogen-bond acceptors (Lipinski definition) is 3. The van der Waals surface area contributed by atoms with Crippen LogP contribution in [0.2, 0.25) is 0 Å². The first-order valence-corrected chi connectivity index (χ1v) is 10.2. The number of rotatable bonds is 7. The van der Waals surface area contributed by atoms with E-state index in [4.69, 9.17) is 0 Å². The maximum absolute atomic E-state index is 13.0. The number of hydrogen-bond donors (Lipinski definition) is 1. The molecule has 1 atom stereocenters. The number of nitrogens with zero attached hydrogens (tertiary/aromatic N) is 1. The van der Waals surface area contributed by atoms with Crippen LogP contribution in [0, 0.1) is 12.7 Å². The standard InChI is InChI=1S/C19H23FN2O3S/c1-4-18(19(23)21-13-15-8-10-16(20)11-9-15)22(26(3,24)25)17-7-5-6-14(2)12-17/h5-12,18H,4,13H2,1-3H3,(H,21,23). The van der Waals surface area contributed by atoms with Crippen molar-refractivity contribution in [1.82, 2.24) is 5.32 Å². The van der Waals surface area contributed by atoms with E-state index in [1.54, 1.807) is 37.3 Å². The van der Waals surface area contributed by atoms with Crippen LogP contribution >= 0.6 is 0 Å². The summed E-state index contributed by atoms with van der Waals surface area (Å²) in [6, 6.07) is 11.9. The first-order chi connectivity index (χ1) is 12.2. The van der Waals surface area contributed by atoms with Gasteiger partial charge in [0.2, 0.25) is 15.9 Å². The fourth-order valence-electron chi connectivity index (χ4n) is 2.73. The molecule has 0 heterocycles. The molecule has 0 aliphatic rings. The van der Waals surface area contributed by atoms with Gasteiger partial charge in [-0.05, 0) is 48.7 Å². The third-order valence-corrected chi connectivity index (χ3v) is 5.15. The predicted octanol–water partition coefficient (Wildman–Crippen LogP) is 3.00. The summed E-state index contributed by atoms with van der Waals surface area (Å²) in [7, 11) is -3.66. The Morgan fingerprint density at radius 2 is 1.85 bits per heavy atom. The Labute approximate surface area is 153 Å². The van der Waals surface area contributed by atoms with E-state index in [-0.39, 0.29) is 12.4 Å². The Hall–Kier alpha value is -2.41. The lowest BCUT2D eigenvalue weighted by atomic mass is 10.1. The molecular formula is C19H23FN2O3S. The zero-order valence-electron chi connectivity index (χ0n) is 15.1. The molecule has 0 saturated carbocycles. The van der Waals surface area contributed by atoms with Crippen LogP contribution in [0.5, 0.6) is 0 Å². The van der Waals surface area contributed by atoms with Gasteiger partial charge in [0.05, 0.1) is 11.9 Å². The van der Waals surface area contributed by atoms with E-state index in [0.717, 1.165) is 21.7 Å². The molecule has 2 aromatic carbocycles. The molecule has 0 radical (unpaired) electrons. The van der Waals surface area contributed by atoms with E-state index in [9.17, 15) is 17.6 Å². The van der Waals surface area contributed by atoms with Crippen molar-refractivity contribution in [2.24, 2.45) is 0 Å². The van der Waals surface area contributed by atoms with E-state index >= 15 is 0 Å². The van der Waals surface area contributed by atoms with Gasteiger partial charge in [0.15, 0.2) is 0 Å². The first kappa shape index (κ1) is 19.9. The predicted molar refractivity (Wildman–Crippen MR) is 101 cm³/mol. The molecule has 0 aromatic heterocycles. The van der Waals surface area contributed by atoms with Gasteiger partial charge in [0.1, 0.15) is 11.9 Å². The van der Waals surface area contributed by atoms with Crippen LogP contribution in [0.4, 0.5) is 10.1 Å². The van der Waals surface area contributed by atoms with E-state index in [1.807, 2.05) is 13.0 Å². The number of halogens is 1. The second kappa shape index (κ2) is 8.31. The van der Waals surface area contributed by atoms with E-state index in [2.05, 4.69) is 5.32 Å². The van der Waals surface area contributed by atoms with Gasteiger partial charge < -0.3 is 5.32 Å². The normalized spacial score (nSPS) is 12.5. The van der Waals surface area contributed by atoms with Crippen molar-refractivity contribution < 1.29 is 17.6 Å². The molecule has 0 bridgehead atoms. The average Bonchev–Trinajstić information content (AvgIpc) is 2.57. The van der Waals surface area contributed by atoms with Crippen molar-refractivity contribution in [3.05, 3.63) is 65.5 Å². The summed E-state index contributed by atoms with van der Waals surface area (Å²) in [4.78, 5) is 12.7. The highest BCUT2D eigenvalue weighted by Gasteiger charge is 2.31. The largest absolute Gasteiger partial charge is 0.350 e. The van der Waals surface area contributed by atoms with Crippen LogP contribution in [0.3, 0.4) is 0 Å². The van der Waals surface area contributed by atoms with Crippen LogP contribution in [0.15, 0.2) is 48.5 Å². The van der Waals surface area contributed by atoms with Gasteiger partial charge in [-0.15, -0.1) is 0 Å². The summed E-state index contributed by atoms with van der Waals surface area (Å²) >= 11 is 0. The summed E-state index contributed by atoms with van der Waals surface area (Å²) in [6.07, 6.45) is 1.40. The number of anilines is 1. The highest BCUT2D eigenvalue weighted by molar-refractivity contribution is 7.92. The molecule has 0 spiro atoms. The maximum atomic E-state index is 13.0. The van der Waals surface area contributed by atoms with Crippen molar-refractivity contribution in [2.75, 3.05) is 10.6 Å². The molecule has 7 heteroatoms. The number of benzene rings is 2. The summed E-state index contributed by atoms with van der Waals surface area (Å²) in [6.45, 7) is 3.82. The topological polar surface area (TPSA) is 66.5 Å². The molecule has 1 N–H and O–H groups in total. The van der Waals surface area contributed by atoms with E-state index < -0.39 is 22.0 Å². The summed E-state index contributed by atoms with van der Waals surface area (Å²) in [5, 5.41) is 2.74. The Balaban J connectivity index is 2.23. The zero-order valence-corrected chi connectivity index (χ0v) is 15.9. The van der Waals surface area contributed by atoms with Crippen LogP contribution < -0.4 is 9.62 Å². The Kier molecular flexibility index (Phi) is 6.37. The van der Waals surface area contributed by atoms with Gasteiger partial charge in [-0.1, -0.05) is 31.2 Å². The molecule has 5 nitrogen and oxygen atoms in total. The smallest absolute Gasteiger partial charge is 0.244 e. The lowest BCUT2D eigenvalue weighted by Gasteiger charge is -2.30. The van der Waals surface area contributed by atoms with Crippen molar-refractivity contribution in [3.8, 4) is 0 Å². The van der Waals surface area contributed by atoms with Crippen LogP contribution in [0.1, 0.15) is 24.5 Å². The first-order valence-electron chi connectivity index (χ1n) is 8.30. The third kappa shape index (κ3) is 5.05. The molecule has 2 rings (SSSR count). The lowest BCUT2D eigenvalue weighted by Crippen LogP contribution is -2.49. The van der Waals surface area contributed by atoms with Crippen molar-refractivity contribution in [2.45, 2.75) is 32.9 Å². The lowest BCUT2D eigenvalue weighted by molar-refractivity contribution is -0.122. The van der Waals surface area contributed by atoms with Gasteiger partial charge in [0, 0.05) is 6.54 Å². The number of carbonyl (C=O) groups is 1. The number of nitrogens with one attached hydrogen (secondary N) is 1. The molecule has 0 aliphatic heterocycles. The number of carbonyl (C=O) groups excluding carboxylic acids is 1. The van der Waals surface area contributed by atoms with Crippen molar-refractivity contribution in [1.29, 1.82) is 0 Å². The minimum absolute atomic E-state index is 0.195. The van der Waals surface area contributed by atoms with Gasteiger partial charge in [0.25, 0.3) is 0 Å². The molecule has 0 fully saturated rings. The quantitative estimate of drug-likeness (QED) is 0.805. The fraction of sp³-hybridized carbons (Fsp3) is 0.316. The van der Waals surface area contributed by atoms with Crippen molar-refractivity contribution >= 4 is 21.6 Å². The molecule has 0 saturated heterocycles. The van der Waals surface area contributed by atoms with Gasteiger partial charge in [-0.25, -0.2) is 12.8 Å². The maximum Gasteiger partial charge on any atom is 0.244 e. The molecular weight excluding hydrogens is 355 g/mol. The monoisotopic (exact) mass is 378 g/mol. The minimum atomic E-state index is -3.66. The number of amides is 1. The van der Waals surface area contributed by atoms with Crippen molar-refractivity contribution in [3.63, 3.8) is 0 Å². The molecule has 0 aliphatic carbocycles. The fourth-order valence-corrected chi connectivity index (χ4v) is 3.94. The summed E-state index contributed by atoms with van der Waals surface area (Å²) in [5.74, 6) is -0.752. The zero-order chi connectivity index (χ0) is 19.3. The Bertz CT molecular complexity index is 867. The molecule has 2 aromatic rings. The Morgan fingerprint density at radius 1 is 1.19 bits per heavy atom. The van der Waals surface area contributed by atoms with E-state index in [1.165, 1.54) is 12.1 Å². The van der Waals surface area contributed by atoms with Gasteiger partial charge in [-0.3, -0.25) is 9.10 Å². The minimum Gasteiger partial charge on any atom is -0.350 e. The van der Waals surface area contributed by atoms with E-state index in [0.29, 0.717) is 12.1 Å². The third-order valence-electron chi connectivity index (χ3n) is 3.97. The molecule has 140 valence electrons. The summed E-state index contributed by atoms with van der Waals surface area (Å²) in [5.41, 5.74) is 2.09.